The lowest BCUT2D eigenvalue weighted by Crippen LogP contribution is -2.28. The van der Waals surface area contributed by atoms with Gasteiger partial charge in [-0.3, -0.25) is 0 Å². The number of ether oxygens (including phenoxy) is 2. The predicted octanol–water partition coefficient (Wildman–Crippen LogP) is 14.3. The number of esters is 2. The molecule has 0 atom stereocenters. The molecule has 53 heavy (non-hydrogen) atoms. The molecule has 4 aromatic heterocycles. The van der Waals surface area contributed by atoms with Crippen molar-refractivity contribution in [1.82, 2.24) is 9.97 Å². The van der Waals surface area contributed by atoms with Crippen molar-refractivity contribution < 1.29 is 19.1 Å². The molecule has 0 unspecified atom stereocenters. The first-order valence-electron chi connectivity index (χ1n) is 17.8. The molecule has 0 saturated carbocycles. The Bertz CT molecular complexity index is 2080. The quantitative estimate of drug-likeness (QED) is 0.101. The van der Waals surface area contributed by atoms with Crippen LogP contribution in [0.5, 0.6) is 0 Å². The van der Waals surface area contributed by atoms with Crippen molar-refractivity contribution in [3.05, 3.63) is 91.5 Å². The first kappa shape index (κ1) is 39.5. The summed E-state index contributed by atoms with van der Waals surface area (Å²) in [6, 6.07) is 23.1. The van der Waals surface area contributed by atoms with Crippen LogP contribution in [0.4, 0.5) is 0 Å². The second-order valence-electron chi connectivity index (χ2n) is 14.2. The van der Waals surface area contributed by atoms with Gasteiger partial charge in [-0.15, -0.1) is 34.0 Å². The van der Waals surface area contributed by atoms with E-state index in [0.29, 0.717) is 22.5 Å². The lowest BCUT2D eigenvalue weighted by atomic mass is 10.00. The molecule has 0 aliphatic rings. The van der Waals surface area contributed by atoms with Crippen molar-refractivity contribution in [2.45, 2.75) is 91.3 Å². The Hall–Kier alpha value is -3.22. The minimum Gasteiger partial charge on any atom is -0.456 e. The highest BCUT2D eigenvalue weighted by Crippen LogP contribution is 2.48. The number of unbranched alkanes of at least 4 members (excludes halogenated alkanes) is 2. The molecule has 0 N–H and O–H groups in total. The number of fused-ring (bicyclic) bond motifs is 1. The van der Waals surface area contributed by atoms with E-state index in [1.807, 2.05) is 52.0 Å². The summed E-state index contributed by atoms with van der Waals surface area (Å²) in [5, 5.41) is 0. The van der Waals surface area contributed by atoms with Crippen molar-refractivity contribution >= 4 is 88.8 Å². The molecule has 0 amide bonds. The predicted molar refractivity (Wildman–Crippen MR) is 228 cm³/mol. The molecular formula is C42H42Br2N2O4S3. The van der Waals surface area contributed by atoms with Gasteiger partial charge in [0.15, 0.2) is 0 Å². The molecule has 2 aromatic carbocycles. The van der Waals surface area contributed by atoms with E-state index >= 15 is 0 Å². The molecule has 6 aromatic rings. The van der Waals surface area contributed by atoms with E-state index < -0.39 is 11.2 Å². The summed E-state index contributed by atoms with van der Waals surface area (Å²) >= 11 is 12.3. The van der Waals surface area contributed by atoms with Crippen LogP contribution < -0.4 is 0 Å². The van der Waals surface area contributed by atoms with Gasteiger partial charge in [-0.05, 0) is 134 Å². The molecule has 0 aliphatic carbocycles. The maximum Gasteiger partial charge on any atom is 0.338 e. The highest BCUT2D eigenvalue weighted by molar-refractivity contribution is 9.11. The van der Waals surface area contributed by atoms with Crippen LogP contribution in [-0.4, -0.2) is 33.1 Å². The number of thiophene rings is 3. The van der Waals surface area contributed by atoms with E-state index in [4.69, 9.17) is 19.4 Å². The van der Waals surface area contributed by atoms with Crippen LogP contribution in [0, 0.1) is 0 Å². The van der Waals surface area contributed by atoms with Gasteiger partial charge < -0.3 is 9.47 Å². The number of rotatable bonds is 14. The second kappa shape index (κ2) is 16.7. The highest BCUT2D eigenvalue weighted by Gasteiger charge is 2.27. The van der Waals surface area contributed by atoms with Gasteiger partial charge in [0, 0.05) is 20.9 Å². The van der Waals surface area contributed by atoms with Gasteiger partial charge >= 0.3 is 11.9 Å². The summed E-state index contributed by atoms with van der Waals surface area (Å²) in [7, 11) is 0. The molecule has 0 bridgehead atoms. The third kappa shape index (κ3) is 9.36. The van der Waals surface area contributed by atoms with Crippen LogP contribution in [0.25, 0.3) is 53.1 Å². The van der Waals surface area contributed by atoms with Crippen LogP contribution in [0.15, 0.2) is 80.4 Å². The van der Waals surface area contributed by atoms with Crippen LogP contribution >= 0.6 is 65.9 Å². The third-order valence-corrected chi connectivity index (χ3v) is 13.7. The zero-order chi connectivity index (χ0) is 37.9. The van der Waals surface area contributed by atoms with Gasteiger partial charge in [-0.25, -0.2) is 19.6 Å². The summed E-state index contributed by atoms with van der Waals surface area (Å²) in [6.45, 7) is 12.1. The average molecular weight is 895 g/mol. The Balaban J connectivity index is 1.46. The first-order valence-corrected chi connectivity index (χ1v) is 21.8. The average Bonchev–Trinajstić information content (AvgIpc) is 3.87. The highest BCUT2D eigenvalue weighted by atomic mass is 79.9. The molecule has 6 nitrogen and oxygen atoms in total. The molecule has 0 radical (unpaired) electrons. The fourth-order valence-corrected chi connectivity index (χ4v) is 10.2. The standard InChI is InChI=1S/C42H42Br2N2O4S3/c1-7-9-23-41(3,4)49-39(47)27-15-11-25(12-16-27)33-34(26-13-17-28(18-14-26)40(48)50-42(5,6)24-10-8-2)46-36-35(45-33)37(29-19-21-31(43)51-29)53-38(36)30-20-22-32(44)52-30/h11-22H,7-10,23-24H2,1-6H3. The zero-order valence-electron chi connectivity index (χ0n) is 30.7. The summed E-state index contributed by atoms with van der Waals surface area (Å²) < 4.78 is 13.9. The first-order chi connectivity index (χ1) is 25.3. The number of hydrogen-bond donors (Lipinski definition) is 0. The van der Waals surface area contributed by atoms with Gasteiger partial charge in [0.25, 0.3) is 0 Å². The van der Waals surface area contributed by atoms with E-state index in [2.05, 4.69) is 70.0 Å². The fraction of sp³-hybridized carbons (Fsp3) is 0.333. The van der Waals surface area contributed by atoms with Crippen molar-refractivity contribution in [1.29, 1.82) is 0 Å². The Morgan fingerprint density at radius 3 is 1.28 bits per heavy atom. The van der Waals surface area contributed by atoms with Crippen LogP contribution in [-0.2, 0) is 9.47 Å². The molecule has 0 aliphatic heterocycles. The molecule has 0 spiro atoms. The molecular weight excluding hydrogens is 852 g/mol. The summed E-state index contributed by atoms with van der Waals surface area (Å²) in [5.74, 6) is -0.704. The number of halogens is 2. The molecule has 276 valence electrons. The number of hydrogen-bond acceptors (Lipinski definition) is 9. The maximum atomic E-state index is 13.2. The van der Waals surface area contributed by atoms with E-state index in [0.717, 1.165) is 87.8 Å². The SMILES string of the molecule is CCCCC(C)(C)OC(=O)c1ccc(-c2nc3c(-c4ccc(Br)s4)sc(-c4ccc(Br)s4)c3nc2-c2ccc(C(=O)OC(C)(C)CCCC)cc2)cc1. The van der Waals surface area contributed by atoms with E-state index in [-0.39, 0.29) is 11.9 Å². The van der Waals surface area contributed by atoms with Crippen LogP contribution in [0.1, 0.15) is 101 Å². The Morgan fingerprint density at radius 2 is 0.962 bits per heavy atom. The van der Waals surface area contributed by atoms with E-state index in [1.165, 1.54) is 0 Å². The molecule has 4 heterocycles. The Kier molecular flexibility index (Phi) is 12.4. The number of carbonyl (C=O) groups excluding carboxylic acids is 2. The maximum absolute atomic E-state index is 13.2. The van der Waals surface area contributed by atoms with Crippen LogP contribution in [0.3, 0.4) is 0 Å². The number of aromatic nitrogens is 2. The molecule has 11 heteroatoms. The van der Waals surface area contributed by atoms with Crippen molar-refractivity contribution in [3.63, 3.8) is 0 Å². The van der Waals surface area contributed by atoms with Crippen LogP contribution in [0.2, 0.25) is 0 Å². The topological polar surface area (TPSA) is 78.4 Å². The summed E-state index contributed by atoms with van der Waals surface area (Å²) in [6.07, 6.45) is 5.65. The van der Waals surface area contributed by atoms with Gasteiger partial charge in [0.2, 0.25) is 0 Å². The lowest BCUT2D eigenvalue weighted by molar-refractivity contribution is -0.00645. The van der Waals surface area contributed by atoms with E-state index in [1.54, 1.807) is 58.3 Å². The number of nitrogens with zero attached hydrogens (tertiary/aromatic N) is 2. The van der Waals surface area contributed by atoms with Gasteiger partial charge in [-0.2, -0.15) is 0 Å². The Morgan fingerprint density at radius 1 is 0.585 bits per heavy atom. The third-order valence-electron chi connectivity index (χ3n) is 8.91. The molecule has 0 saturated heterocycles. The minimum absolute atomic E-state index is 0.352. The summed E-state index contributed by atoms with van der Waals surface area (Å²) in [4.78, 5) is 41.5. The number of carbonyl (C=O) groups is 2. The van der Waals surface area contributed by atoms with Crippen molar-refractivity contribution in [2.24, 2.45) is 0 Å². The smallest absolute Gasteiger partial charge is 0.338 e. The number of benzene rings is 2. The van der Waals surface area contributed by atoms with Crippen molar-refractivity contribution in [3.8, 4) is 42.0 Å². The normalized spacial score (nSPS) is 12.0. The Labute approximate surface area is 340 Å². The van der Waals surface area contributed by atoms with Gasteiger partial charge in [0.05, 0.1) is 39.8 Å². The van der Waals surface area contributed by atoms with Crippen molar-refractivity contribution in [2.75, 3.05) is 0 Å². The fourth-order valence-electron chi connectivity index (χ4n) is 6.02. The monoisotopic (exact) mass is 892 g/mol. The molecule has 6 rings (SSSR count). The molecule has 0 fully saturated rings. The van der Waals surface area contributed by atoms with Gasteiger partial charge in [-0.1, -0.05) is 51.0 Å². The summed E-state index contributed by atoms with van der Waals surface area (Å²) in [5.41, 5.74) is 4.41. The lowest BCUT2D eigenvalue weighted by Gasteiger charge is -2.25. The minimum atomic E-state index is -0.554. The van der Waals surface area contributed by atoms with E-state index in [9.17, 15) is 9.59 Å². The largest absolute Gasteiger partial charge is 0.456 e. The zero-order valence-corrected chi connectivity index (χ0v) is 36.3. The van der Waals surface area contributed by atoms with Gasteiger partial charge in [0.1, 0.15) is 22.2 Å². The second-order valence-corrected chi connectivity index (χ2v) is 20.2.